The van der Waals surface area contributed by atoms with Gasteiger partial charge in [-0.05, 0) is 56.2 Å². The summed E-state index contributed by atoms with van der Waals surface area (Å²) in [6.07, 6.45) is 1.03. The van der Waals surface area contributed by atoms with Crippen LogP contribution in [0.5, 0.6) is 17.2 Å². The third-order valence-electron chi connectivity index (χ3n) is 5.34. The van der Waals surface area contributed by atoms with Crippen LogP contribution >= 0.6 is 24.0 Å². The second-order valence-electron chi connectivity index (χ2n) is 8.06. The second-order valence-corrected chi connectivity index (χ2v) is 8.06. The van der Waals surface area contributed by atoms with Crippen molar-refractivity contribution in [3.63, 3.8) is 0 Å². The highest BCUT2D eigenvalue weighted by molar-refractivity contribution is 14.0. The Labute approximate surface area is 214 Å². The van der Waals surface area contributed by atoms with Crippen molar-refractivity contribution in [3.05, 3.63) is 53.6 Å². The van der Waals surface area contributed by atoms with E-state index in [0.29, 0.717) is 31.6 Å². The molecule has 33 heavy (non-hydrogen) atoms. The minimum absolute atomic E-state index is 0. The van der Waals surface area contributed by atoms with Gasteiger partial charge in [0.15, 0.2) is 5.96 Å². The SMILES string of the molecule is CN=C(NCc1ccc(C)cc1OCC1CCOC1)NCC(C)Oc1ccc(OC)cc1.I. The van der Waals surface area contributed by atoms with Crippen LogP contribution in [-0.2, 0) is 11.3 Å². The molecule has 2 N–H and O–H groups in total. The van der Waals surface area contributed by atoms with Crippen molar-refractivity contribution in [1.82, 2.24) is 10.6 Å². The lowest BCUT2D eigenvalue weighted by Gasteiger charge is -2.19. The predicted octanol–water partition coefficient (Wildman–Crippen LogP) is 4.17. The molecule has 8 heteroatoms. The number of guanidine groups is 1. The van der Waals surface area contributed by atoms with Crippen molar-refractivity contribution in [3.8, 4) is 17.2 Å². The van der Waals surface area contributed by atoms with Crippen molar-refractivity contribution < 1.29 is 18.9 Å². The summed E-state index contributed by atoms with van der Waals surface area (Å²) in [5, 5.41) is 6.69. The van der Waals surface area contributed by atoms with Crippen LogP contribution in [-0.4, -0.2) is 52.6 Å². The van der Waals surface area contributed by atoms with Crippen molar-refractivity contribution in [2.75, 3.05) is 40.5 Å². The van der Waals surface area contributed by atoms with E-state index in [1.165, 1.54) is 5.56 Å². The van der Waals surface area contributed by atoms with Gasteiger partial charge in [-0.15, -0.1) is 24.0 Å². The predicted molar refractivity (Wildman–Crippen MR) is 142 cm³/mol. The molecule has 0 radical (unpaired) electrons. The first-order chi connectivity index (χ1) is 15.6. The summed E-state index contributed by atoms with van der Waals surface area (Å²) in [6.45, 7) is 7.63. The number of aliphatic imine (C=N–C) groups is 1. The first-order valence-electron chi connectivity index (χ1n) is 11.1. The highest BCUT2D eigenvalue weighted by Crippen LogP contribution is 2.23. The molecule has 0 amide bonds. The van der Waals surface area contributed by atoms with Crippen LogP contribution in [0.2, 0.25) is 0 Å². The first kappa shape index (κ1) is 27.0. The van der Waals surface area contributed by atoms with Crippen LogP contribution in [0.1, 0.15) is 24.5 Å². The Morgan fingerprint density at radius 1 is 1.15 bits per heavy atom. The molecule has 2 atom stereocenters. The molecule has 1 fully saturated rings. The van der Waals surface area contributed by atoms with Crippen molar-refractivity contribution in [2.45, 2.75) is 32.9 Å². The van der Waals surface area contributed by atoms with E-state index >= 15 is 0 Å². The van der Waals surface area contributed by atoms with E-state index in [1.807, 2.05) is 31.2 Å². The Morgan fingerprint density at radius 2 is 1.91 bits per heavy atom. The summed E-state index contributed by atoms with van der Waals surface area (Å²) in [5.41, 5.74) is 2.28. The summed E-state index contributed by atoms with van der Waals surface area (Å²) in [7, 11) is 3.41. The van der Waals surface area contributed by atoms with Gasteiger partial charge in [0.05, 0.1) is 26.9 Å². The van der Waals surface area contributed by atoms with Gasteiger partial charge in [-0.3, -0.25) is 4.99 Å². The van der Waals surface area contributed by atoms with Crippen LogP contribution in [0, 0.1) is 12.8 Å². The molecule has 1 saturated heterocycles. The number of hydrogen-bond acceptors (Lipinski definition) is 5. The summed E-state index contributed by atoms with van der Waals surface area (Å²) < 4.78 is 22.7. The van der Waals surface area contributed by atoms with Crippen molar-refractivity contribution in [2.24, 2.45) is 10.9 Å². The number of hydrogen-bond donors (Lipinski definition) is 2. The molecule has 3 rings (SSSR count). The highest BCUT2D eigenvalue weighted by atomic mass is 127. The minimum atomic E-state index is -0.0335. The molecular formula is C25H36IN3O4. The number of rotatable bonds is 10. The van der Waals surface area contributed by atoms with E-state index in [4.69, 9.17) is 18.9 Å². The smallest absolute Gasteiger partial charge is 0.191 e. The third kappa shape index (κ3) is 8.92. The highest BCUT2D eigenvalue weighted by Gasteiger charge is 2.17. The fourth-order valence-corrected chi connectivity index (χ4v) is 3.43. The average molecular weight is 569 g/mol. The van der Waals surface area contributed by atoms with Gasteiger partial charge in [0.2, 0.25) is 0 Å². The average Bonchev–Trinajstić information content (AvgIpc) is 3.33. The molecule has 2 unspecified atom stereocenters. The zero-order valence-corrected chi connectivity index (χ0v) is 22.3. The van der Waals surface area contributed by atoms with Gasteiger partial charge in [-0.25, -0.2) is 0 Å². The lowest BCUT2D eigenvalue weighted by Crippen LogP contribution is -2.41. The Hall–Kier alpha value is -2.20. The number of benzene rings is 2. The molecule has 1 aliphatic rings. The summed E-state index contributed by atoms with van der Waals surface area (Å²) in [5.74, 6) is 3.71. The minimum Gasteiger partial charge on any atom is -0.497 e. The molecule has 1 heterocycles. The Morgan fingerprint density at radius 3 is 2.58 bits per heavy atom. The molecule has 0 spiro atoms. The molecule has 0 aromatic heterocycles. The fraction of sp³-hybridized carbons (Fsp3) is 0.480. The quantitative estimate of drug-likeness (QED) is 0.254. The molecule has 1 aliphatic heterocycles. The Bertz CT molecular complexity index is 870. The third-order valence-corrected chi connectivity index (χ3v) is 5.34. The molecule has 0 aliphatic carbocycles. The molecule has 182 valence electrons. The van der Waals surface area contributed by atoms with E-state index < -0.39 is 0 Å². The van der Waals surface area contributed by atoms with Gasteiger partial charge < -0.3 is 29.6 Å². The fourth-order valence-electron chi connectivity index (χ4n) is 3.43. The van der Waals surface area contributed by atoms with Crippen LogP contribution in [0.4, 0.5) is 0 Å². The Kier molecular flexibility index (Phi) is 11.6. The second kappa shape index (κ2) is 14.1. The molecule has 2 aromatic rings. The van der Waals surface area contributed by atoms with Gasteiger partial charge >= 0.3 is 0 Å². The van der Waals surface area contributed by atoms with Crippen LogP contribution < -0.4 is 24.8 Å². The number of nitrogens with zero attached hydrogens (tertiary/aromatic N) is 1. The van der Waals surface area contributed by atoms with Gasteiger partial charge in [0.25, 0.3) is 0 Å². The zero-order valence-electron chi connectivity index (χ0n) is 19.9. The lowest BCUT2D eigenvalue weighted by atomic mass is 10.1. The number of halogens is 1. The normalized spacial score (nSPS) is 16.5. The summed E-state index contributed by atoms with van der Waals surface area (Å²) >= 11 is 0. The topological polar surface area (TPSA) is 73.3 Å². The lowest BCUT2D eigenvalue weighted by molar-refractivity contribution is 0.166. The van der Waals surface area contributed by atoms with Crippen LogP contribution in [0.3, 0.4) is 0 Å². The van der Waals surface area contributed by atoms with Crippen molar-refractivity contribution in [1.29, 1.82) is 0 Å². The number of aryl methyl sites for hydroxylation is 1. The number of methoxy groups -OCH3 is 1. The van der Waals surface area contributed by atoms with E-state index in [0.717, 1.165) is 42.4 Å². The van der Waals surface area contributed by atoms with Crippen LogP contribution in [0.25, 0.3) is 0 Å². The molecule has 7 nitrogen and oxygen atoms in total. The zero-order chi connectivity index (χ0) is 22.8. The Balaban J connectivity index is 0.00000385. The molecule has 0 bridgehead atoms. The standard InChI is InChI=1S/C25H35N3O4.HI/c1-18-5-6-21(24(13-18)31-17-20-11-12-30-16-20)15-28-25(26-3)27-14-19(2)32-23-9-7-22(29-4)8-10-23;/h5-10,13,19-20H,11-12,14-17H2,1-4H3,(H2,26,27,28);1H. The maximum atomic E-state index is 6.14. The van der Waals surface area contributed by atoms with Gasteiger partial charge in [0, 0.05) is 31.7 Å². The van der Waals surface area contributed by atoms with Gasteiger partial charge in [0.1, 0.15) is 23.4 Å². The molecule has 2 aromatic carbocycles. The maximum absolute atomic E-state index is 6.14. The van der Waals surface area contributed by atoms with E-state index in [-0.39, 0.29) is 30.1 Å². The number of ether oxygens (including phenoxy) is 4. The monoisotopic (exact) mass is 569 g/mol. The first-order valence-corrected chi connectivity index (χ1v) is 11.1. The molecule has 0 saturated carbocycles. The van der Waals surface area contributed by atoms with E-state index in [1.54, 1.807) is 14.2 Å². The number of nitrogens with one attached hydrogen (secondary N) is 2. The summed E-state index contributed by atoms with van der Waals surface area (Å²) in [6, 6.07) is 13.9. The maximum Gasteiger partial charge on any atom is 0.191 e. The molecular weight excluding hydrogens is 533 g/mol. The van der Waals surface area contributed by atoms with Gasteiger partial charge in [-0.2, -0.15) is 0 Å². The summed E-state index contributed by atoms with van der Waals surface area (Å²) in [4.78, 5) is 4.33. The largest absolute Gasteiger partial charge is 0.497 e. The van der Waals surface area contributed by atoms with Crippen LogP contribution in [0.15, 0.2) is 47.5 Å². The van der Waals surface area contributed by atoms with Crippen molar-refractivity contribution >= 4 is 29.9 Å². The van der Waals surface area contributed by atoms with E-state index in [9.17, 15) is 0 Å². The van der Waals surface area contributed by atoms with E-state index in [2.05, 4.69) is 40.7 Å². The van der Waals surface area contributed by atoms with Gasteiger partial charge in [-0.1, -0.05) is 12.1 Å².